The first-order valence-corrected chi connectivity index (χ1v) is 10.3. The van der Waals surface area contributed by atoms with Crippen LogP contribution in [0.15, 0.2) is 0 Å². The zero-order valence-electron chi connectivity index (χ0n) is 14.6. The molecule has 2 atom stereocenters. The van der Waals surface area contributed by atoms with E-state index < -0.39 is 27.4 Å². The lowest BCUT2D eigenvalue weighted by Gasteiger charge is -2.38. The number of carbonyl (C=O) groups is 2. The molecule has 1 spiro atoms. The monoisotopic (exact) mass is 361 g/mol. The minimum atomic E-state index is -3.52. The van der Waals surface area contributed by atoms with Crippen molar-refractivity contribution in [3.8, 4) is 0 Å². The fourth-order valence-corrected chi connectivity index (χ4v) is 4.25. The van der Waals surface area contributed by atoms with Crippen molar-refractivity contribution in [3.05, 3.63) is 0 Å². The first kappa shape index (κ1) is 19.1. The van der Waals surface area contributed by atoms with E-state index >= 15 is 0 Å². The van der Waals surface area contributed by atoms with Gasteiger partial charge in [-0.25, -0.2) is 8.42 Å². The number of ether oxygens (including phenoxy) is 1. The molecule has 2 aliphatic rings. The van der Waals surface area contributed by atoms with Crippen molar-refractivity contribution in [2.24, 2.45) is 5.92 Å². The zero-order chi connectivity index (χ0) is 18.0. The van der Waals surface area contributed by atoms with E-state index in [2.05, 4.69) is 5.32 Å². The van der Waals surface area contributed by atoms with Crippen LogP contribution < -0.4 is 5.32 Å². The average Bonchev–Trinajstić information content (AvgIpc) is 2.90. The molecule has 2 rings (SSSR count). The van der Waals surface area contributed by atoms with Crippen LogP contribution in [0.1, 0.15) is 26.7 Å². The van der Waals surface area contributed by atoms with Gasteiger partial charge in [0.25, 0.3) is 5.91 Å². The van der Waals surface area contributed by atoms with E-state index in [4.69, 9.17) is 4.74 Å². The number of hydrogen-bond donors (Lipinski definition) is 1. The van der Waals surface area contributed by atoms with Crippen LogP contribution in [0, 0.1) is 5.92 Å². The van der Waals surface area contributed by atoms with Crippen molar-refractivity contribution in [1.82, 2.24) is 14.5 Å². The lowest BCUT2D eigenvalue weighted by atomic mass is 9.87. The van der Waals surface area contributed by atoms with Gasteiger partial charge < -0.3 is 15.0 Å². The second-order valence-electron chi connectivity index (χ2n) is 6.43. The molecule has 2 heterocycles. The normalized spacial score (nSPS) is 28.1. The molecule has 0 aromatic rings. The number of rotatable bonds is 6. The molecule has 2 fully saturated rings. The van der Waals surface area contributed by atoms with E-state index in [1.54, 1.807) is 4.90 Å². The van der Waals surface area contributed by atoms with E-state index in [9.17, 15) is 18.0 Å². The maximum absolute atomic E-state index is 13.1. The van der Waals surface area contributed by atoms with Crippen LogP contribution in [0.5, 0.6) is 0 Å². The number of hydrogen-bond acceptors (Lipinski definition) is 5. The molecule has 0 unspecified atom stereocenters. The molecule has 1 N–H and O–H groups in total. The summed E-state index contributed by atoms with van der Waals surface area (Å²) in [4.78, 5) is 27.3. The van der Waals surface area contributed by atoms with Gasteiger partial charge in [0.15, 0.2) is 5.60 Å². The van der Waals surface area contributed by atoms with Gasteiger partial charge in [0.1, 0.15) is 0 Å². The summed E-state index contributed by atoms with van der Waals surface area (Å²) < 4.78 is 30.9. The molecule has 2 saturated heterocycles. The first-order valence-electron chi connectivity index (χ1n) is 8.42. The Balaban J connectivity index is 2.35. The second kappa shape index (κ2) is 7.37. The summed E-state index contributed by atoms with van der Waals surface area (Å²) in [5.41, 5.74) is -1.42. The molecule has 9 heteroatoms. The zero-order valence-corrected chi connectivity index (χ0v) is 15.4. The van der Waals surface area contributed by atoms with Gasteiger partial charge >= 0.3 is 0 Å². The van der Waals surface area contributed by atoms with Gasteiger partial charge in [0.05, 0.1) is 25.3 Å². The molecule has 8 nitrogen and oxygen atoms in total. The van der Waals surface area contributed by atoms with Crippen LogP contribution in [-0.4, -0.2) is 80.6 Å². The van der Waals surface area contributed by atoms with Gasteiger partial charge in [0.2, 0.25) is 15.9 Å². The average molecular weight is 361 g/mol. The second-order valence-corrected chi connectivity index (χ2v) is 8.41. The lowest BCUT2D eigenvalue weighted by molar-refractivity contribution is -0.166. The first-order chi connectivity index (χ1) is 11.3. The van der Waals surface area contributed by atoms with E-state index in [-0.39, 0.29) is 25.6 Å². The highest BCUT2D eigenvalue weighted by Crippen LogP contribution is 2.36. The highest BCUT2D eigenvalue weighted by molar-refractivity contribution is 7.88. The Morgan fingerprint density at radius 1 is 1.38 bits per heavy atom. The molecule has 0 radical (unpaired) electrons. The number of nitrogens with one attached hydrogen (secondary N) is 1. The summed E-state index contributed by atoms with van der Waals surface area (Å²) in [5, 5.41) is 2.72. The van der Waals surface area contributed by atoms with Gasteiger partial charge in [-0.3, -0.25) is 9.59 Å². The van der Waals surface area contributed by atoms with Crippen LogP contribution in [0.4, 0.5) is 0 Å². The highest BCUT2D eigenvalue weighted by Gasteiger charge is 2.59. The molecule has 0 aromatic carbocycles. The van der Waals surface area contributed by atoms with Gasteiger partial charge in [-0.2, -0.15) is 4.31 Å². The topological polar surface area (TPSA) is 96.0 Å². The lowest BCUT2D eigenvalue weighted by Crippen LogP contribution is -2.62. The minimum Gasteiger partial charge on any atom is -0.361 e. The van der Waals surface area contributed by atoms with E-state index in [0.29, 0.717) is 19.6 Å². The maximum atomic E-state index is 13.1. The third-order valence-corrected chi connectivity index (χ3v) is 5.77. The van der Waals surface area contributed by atoms with Gasteiger partial charge in [-0.05, 0) is 12.8 Å². The molecule has 2 amide bonds. The smallest absolute Gasteiger partial charge is 0.254 e. The Hall–Kier alpha value is -1.19. The van der Waals surface area contributed by atoms with Crippen molar-refractivity contribution in [2.75, 3.05) is 45.6 Å². The standard InChI is InChI=1S/C15H27N3O5S/c1-4-7-17(8-5-2)13(19)12-10-18(24(3,21)22)11-15(12)14(20)16-6-9-23-15/h12H,4-11H2,1-3H3,(H,16,20)/t12-,15-/m1/s1. The number of nitrogens with zero attached hydrogens (tertiary/aromatic N) is 2. The Morgan fingerprint density at radius 3 is 2.50 bits per heavy atom. The Morgan fingerprint density at radius 2 is 2.00 bits per heavy atom. The third-order valence-electron chi connectivity index (χ3n) is 4.56. The van der Waals surface area contributed by atoms with E-state index in [1.807, 2.05) is 13.8 Å². The summed E-state index contributed by atoms with van der Waals surface area (Å²) in [5.74, 6) is -1.42. The quantitative estimate of drug-likeness (QED) is 0.682. The van der Waals surface area contributed by atoms with Crippen LogP contribution in [0.25, 0.3) is 0 Å². The van der Waals surface area contributed by atoms with Crippen LogP contribution in [0.3, 0.4) is 0 Å². The minimum absolute atomic E-state index is 0.0188. The molecule has 0 bridgehead atoms. The molecule has 0 aliphatic carbocycles. The number of amides is 2. The Kier molecular flexibility index (Phi) is 5.87. The molecular formula is C15H27N3O5S. The third kappa shape index (κ3) is 3.57. The maximum Gasteiger partial charge on any atom is 0.254 e. The van der Waals surface area contributed by atoms with Crippen molar-refractivity contribution in [2.45, 2.75) is 32.3 Å². The molecule has 24 heavy (non-hydrogen) atoms. The Bertz CT molecular complexity index is 588. The van der Waals surface area contributed by atoms with E-state index in [1.165, 1.54) is 4.31 Å². The number of morpholine rings is 1. The summed E-state index contributed by atoms with van der Waals surface area (Å²) in [6.45, 7) is 5.64. The summed E-state index contributed by atoms with van der Waals surface area (Å²) in [6.07, 6.45) is 2.69. The van der Waals surface area contributed by atoms with Crippen molar-refractivity contribution in [3.63, 3.8) is 0 Å². The van der Waals surface area contributed by atoms with Crippen molar-refractivity contribution in [1.29, 1.82) is 0 Å². The predicted octanol–water partition coefficient (Wildman–Crippen LogP) is -0.588. The molecule has 138 valence electrons. The Labute approximate surface area is 143 Å². The summed E-state index contributed by atoms with van der Waals surface area (Å²) >= 11 is 0. The fraction of sp³-hybridized carbons (Fsp3) is 0.867. The molecule has 0 saturated carbocycles. The number of carbonyl (C=O) groups excluding carboxylic acids is 2. The number of sulfonamides is 1. The van der Waals surface area contributed by atoms with Gasteiger partial charge in [-0.15, -0.1) is 0 Å². The summed E-state index contributed by atoms with van der Waals surface area (Å²) in [6, 6.07) is 0. The largest absolute Gasteiger partial charge is 0.361 e. The summed E-state index contributed by atoms with van der Waals surface area (Å²) in [7, 11) is -3.52. The fourth-order valence-electron chi connectivity index (χ4n) is 3.40. The van der Waals surface area contributed by atoms with Crippen molar-refractivity contribution >= 4 is 21.8 Å². The molecule has 2 aliphatic heterocycles. The van der Waals surface area contributed by atoms with Crippen LogP contribution in [-0.2, 0) is 24.3 Å². The van der Waals surface area contributed by atoms with Crippen molar-refractivity contribution < 1.29 is 22.7 Å². The van der Waals surface area contributed by atoms with Gasteiger partial charge in [-0.1, -0.05) is 13.8 Å². The molecule has 0 aromatic heterocycles. The van der Waals surface area contributed by atoms with Gasteiger partial charge in [0, 0.05) is 26.2 Å². The highest BCUT2D eigenvalue weighted by atomic mass is 32.2. The van der Waals surface area contributed by atoms with E-state index in [0.717, 1.165) is 19.1 Å². The SMILES string of the molecule is CCCN(CCC)C(=O)[C@H]1CN(S(C)(=O)=O)C[C@@]12OCCNC2=O. The van der Waals surface area contributed by atoms with Crippen LogP contribution >= 0.6 is 0 Å². The predicted molar refractivity (Wildman–Crippen MR) is 88.8 cm³/mol. The van der Waals surface area contributed by atoms with Crippen LogP contribution in [0.2, 0.25) is 0 Å². The molecular weight excluding hydrogens is 334 g/mol.